The number of amides is 1. The van der Waals surface area contributed by atoms with Crippen LogP contribution in [0.4, 0.5) is 8.78 Å². The van der Waals surface area contributed by atoms with Crippen molar-refractivity contribution in [1.29, 1.82) is 0 Å². The molecule has 0 radical (unpaired) electrons. The molecule has 1 aromatic carbocycles. The predicted molar refractivity (Wildman–Crippen MR) is 98.4 cm³/mol. The minimum absolute atomic E-state index is 0.0563. The van der Waals surface area contributed by atoms with Gasteiger partial charge in [0.25, 0.3) is 11.8 Å². The number of pyridine rings is 1. The van der Waals surface area contributed by atoms with Gasteiger partial charge in [-0.15, -0.1) is 0 Å². The van der Waals surface area contributed by atoms with Gasteiger partial charge >= 0.3 is 0 Å². The maximum atomic E-state index is 13.3. The number of hydrogen-bond acceptors (Lipinski definition) is 3. The fourth-order valence-electron chi connectivity index (χ4n) is 3.42. The van der Waals surface area contributed by atoms with Crippen LogP contribution in [0.15, 0.2) is 36.5 Å². The van der Waals surface area contributed by atoms with Crippen molar-refractivity contribution >= 4 is 17.1 Å². The van der Waals surface area contributed by atoms with Crippen LogP contribution in [-0.4, -0.2) is 44.4 Å². The van der Waals surface area contributed by atoms with Crippen LogP contribution in [0, 0.1) is 13.8 Å². The molecule has 0 unspecified atom stereocenters. The summed E-state index contributed by atoms with van der Waals surface area (Å²) in [5.74, 6) is -2.19. The molecule has 0 N–H and O–H groups in total. The molecule has 1 aliphatic heterocycles. The Morgan fingerprint density at radius 1 is 1.11 bits per heavy atom. The number of halogens is 2. The molecular weight excluding hydrogens is 350 g/mol. The Bertz CT molecular complexity index is 1000. The minimum atomic E-state index is -2.68. The van der Waals surface area contributed by atoms with Crippen molar-refractivity contribution in [3.63, 3.8) is 0 Å². The average molecular weight is 370 g/mol. The Balaban J connectivity index is 1.66. The molecule has 0 bridgehead atoms. The highest BCUT2D eigenvalue weighted by molar-refractivity contribution is 5.96. The lowest BCUT2D eigenvalue weighted by Crippen LogP contribution is -2.42. The molecule has 1 saturated heterocycles. The third-order valence-corrected chi connectivity index (χ3v) is 4.99. The van der Waals surface area contributed by atoms with E-state index in [1.807, 2.05) is 42.7 Å². The highest BCUT2D eigenvalue weighted by atomic mass is 19.3. The second-order valence-corrected chi connectivity index (χ2v) is 7.04. The van der Waals surface area contributed by atoms with E-state index in [9.17, 15) is 13.6 Å². The van der Waals surface area contributed by atoms with E-state index in [0.29, 0.717) is 16.7 Å². The first kappa shape index (κ1) is 17.6. The van der Waals surface area contributed by atoms with Crippen molar-refractivity contribution in [1.82, 2.24) is 19.4 Å². The summed E-state index contributed by atoms with van der Waals surface area (Å²) in [6, 6.07) is 9.72. The summed E-state index contributed by atoms with van der Waals surface area (Å²) in [6.45, 7) is 4.02. The largest absolute Gasteiger partial charge is 0.338 e. The molecule has 0 aliphatic carbocycles. The minimum Gasteiger partial charge on any atom is -0.338 e. The van der Waals surface area contributed by atoms with Crippen LogP contribution in [0.3, 0.4) is 0 Å². The zero-order chi connectivity index (χ0) is 19.2. The number of aryl methyl sites for hydroxylation is 2. The number of rotatable bonds is 2. The average Bonchev–Trinajstić information content (AvgIpc) is 2.97. The van der Waals surface area contributed by atoms with Crippen molar-refractivity contribution in [2.45, 2.75) is 32.6 Å². The second-order valence-electron chi connectivity index (χ2n) is 7.04. The molecule has 140 valence electrons. The van der Waals surface area contributed by atoms with Gasteiger partial charge in [-0.05, 0) is 32.0 Å². The number of benzene rings is 1. The number of aromatic nitrogens is 3. The zero-order valence-corrected chi connectivity index (χ0v) is 15.2. The van der Waals surface area contributed by atoms with Gasteiger partial charge in [0.2, 0.25) is 0 Å². The molecule has 5 nitrogen and oxygen atoms in total. The van der Waals surface area contributed by atoms with Crippen molar-refractivity contribution < 1.29 is 13.6 Å². The van der Waals surface area contributed by atoms with Crippen LogP contribution in [-0.2, 0) is 0 Å². The number of imidazole rings is 1. The van der Waals surface area contributed by atoms with Gasteiger partial charge in [-0.1, -0.05) is 17.7 Å². The lowest BCUT2D eigenvalue weighted by molar-refractivity contribution is -0.0494. The van der Waals surface area contributed by atoms with E-state index >= 15 is 0 Å². The number of hydrogen-bond donors (Lipinski definition) is 0. The molecule has 3 heterocycles. The lowest BCUT2D eigenvalue weighted by atomic mass is 10.1. The third-order valence-electron chi connectivity index (χ3n) is 4.99. The summed E-state index contributed by atoms with van der Waals surface area (Å²) in [4.78, 5) is 23.1. The van der Waals surface area contributed by atoms with E-state index in [-0.39, 0.29) is 31.8 Å². The molecule has 4 rings (SSSR count). The van der Waals surface area contributed by atoms with Crippen molar-refractivity contribution in [3.8, 4) is 5.69 Å². The van der Waals surface area contributed by atoms with Gasteiger partial charge in [-0.3, -0.25) is 9.36 Å². The highest BCUT2D eigenvalue weighted by Gasteiger charge is 2.35. The van der Waals surface area contributed by atoms with Gasteiger partial charge in [0.15, 0.2) is 5.65 Å². The SMILES string of the molecule is Cc1ccc(-n2c(C)nc3cc(C(=O)N4CCC(F)(F)CC4)cnc32)cc1. The van der Waals surface area contributed by atoms with Crippen molar-refractivity contribution in [3.05, 3.63) is 53.5 Å². The smallest absolute Gasteiger partial charge is 0.255 e. The quantitative estimate of drug-likeness (QED) is 0.687. The molecule has 1 fully saturated rings. The number of piperidine rings is 1. The monoisotopic (exact) mass is 370 g/mol. The number of carbonyl (C=O) groups is 1. The summed E-state index contributed by atoms with van der Waals surface area (Å²) in [6.07, 6.45) is 0.911. The summed E-state index contributed by atoms with van der Waals surface area (Å²) < 4.78 is 28.6. The maximum Gasteiger partial charge on any atom is 0.255 e. The summed E-state index contributed by atoms with van der Waals surface area (Å²) >= 11 is 0. The molecule has 3 aromatic rings. The van der Waals surface area contributed by atoms with Crippen molar-refractivity contribution in [2.24, 2.45) is 0 Å². The van der Waals surface area contributed by atoms with Crippen LogP contribution in [0.2, 0.25) is 0 Å². The van der Waals surface area contributed by atoms with E-state index in [0.717, 1.165) is 17.1 Å². The van der Waals surface area contributed by atoms with Crippen molar-refractivity contribution in [2.75, 3.05) is 13.1 Å². The van der Waals surface area contributed by atoms with Crippen LogP contribution in [0.25, 0.3) is 16.9 Å². The lowest BCUT2D eigenvalue weighted by Gasteiger charge is -2.31. The second kappa shape index (κ2) is 6.40. The summed E-state index contributed by atoms with van der Waals surface area (Å²) in [7, 11) is 0. The van der Waals surface area contributed by atoms with Gasteiger partial charge in [0.05, 0.1) is 5.56 Å². The first-order valence-corrected chi connectivity index (χ1v) is 8.93. The van der Waals surface area contributed by atoms with Gasteiger partial charge in [0, 0.05) is 37.8 Å². The Labute approximate surface area is 155 Å². The number of fused-ring (bicyclic) bond motifs is 1. The Hall–Kier alpha value is -2.83. The number of carbonyl (C=O) groups excluding carboxylic acids is 1. The maximum absolute atomic E-state index is 13.3. The van der Waals surface area contributed by atoms with Crippen LogP contribution < -0.4 is 0 Å². The van der Waals surface area contributed by atoms with E-state index in [2.05, 4.69) is 9.97 Å². The fourth-order valence-corrected chi connectivity index (χ4v) is 3.42. The standard InChI is InChI=1S/C20H20F2N4O/c1-13-3-5-16(6-4-13)26-14(2)24-17-11-15(12-23-18(17)26)19(27)25-9-7-20(21,22)8-10-25/h3-6,11-12H,7-10H2,1-2H3. The van der Waals surface area contributed by atoms with Crippen LogP contribution in [0.5, 0.6) is 0 Å². The molecule has 7 heteroatoms. The molecule has 1 amide bonds. The van der Waals surface area contributed by atoms with Gasteiger partial charge in [0.1, 0.15) is 11.3 Å². The van der Waals surface area contributed by atoms with E-state index in [1.54, 1.807) is 6.07 Å². The Morgan fingerprint density at radius 3 is 2.44 bits per heavy atom. The van der Waals surface area contributed by atoms with E-state index < -0.39 is 5.92 Å². The first-order chi connectivity index (χ1) is 12.8. The molecular formula is C20H20F2N4O. The van der Waals surface area contributed by atoms with Gasteiger partial charge in [-0.2, -0.15) is 0 Å². The molecule has 1 aliphatic rings. The molecule has 27 heavy (non-hydrogen) atoms. The van der Waals surface area contributed by atoms with Crippen LogP contribution >= 0.6 is 0 Å². The topological polar surface area (TPSA) is 51.0 Å². The van der Waals surface area contributed by atoms with Crippen LogP contribution in [0.1, 0.15) is 34.6 Å². The van der Waals surface area contributed by atoms with Gasteiger partial charge < -0.3 is 4.90 Å². The molecule has 0 spiro atoms. The summed E-state index contributed by atoms with van der Waals surface area (Å²) in [5.41, 5.74) is 3.76. The molecule has 0 atom stereocenters. The highest BCUT2D eigenvalue weighted by Crippen LogP contribution is 2.28. The summed E-state index contributed by atoms with van der Waals surface area (Å²) in [5, 5.41) is 0. The van der Waals surface area contributed by atoms with E-state index in [1.165, 1.54) is 11.1 Å². The Morgan fingerprint density at radius 2 is 1.78 bits per heavy atom. The molecule has 2 aromatic heterocycles. The predicted octanol–water partition coefficient (Wildman–Crippen LogP) is 3.91. The third kappa shape index (κ3) is 3.29. The first-order valence-electron chi connectivity index (χ1n) is 8.93. The number of likely N-dealkylation sites (tertiary alicyclic amines) is 1. The number of nitrogens with zero attached hydrogens (tertiary/aromatic N) is 4. The van der Waals surface area contributed by atoms with Gasteiger partial charge in [-0.25, -0.2) is 18.7 Å². The Kier molecular flexibility index (Phi) is 4.17. The zero-order valence-electron chi connectivity index (χ0n) is 15.2. The van der Waals surface area contributed by atoms with E-state index in [4.69, 9.17) is 0 Å². The fraction of sp³-hybridized carbons (Fsp3) is 0.350. The normalized spacial score (nSPS) is 16.7. The molecule has 0 saturated carbocycles. The number of alkyl halides is 2.